The zero-order valence-electron chi connectivity index (χ0n) is 20.3. The van der Waals surface area contributed by atoms with Gasteiger partial charge in [0.1, 0.15) is 11.4 Å². The van der Waals surface area contributed by atoms with Crippen LogP contribution in [0.1, 0.15) is 58.6 Å². The van der Waals surface area contributed by atoms with Crippen LogP contribution in [0.3, 0.4) is 0 Å². The summed E-state index contributed by atoms with van der Waals surface area (Å²) in [6.45, 7) is 8.97. The third-order valence-electron chi connectivity index (χ3n) is 5.81. The number of piperidine rings is 1. The second-order valence-corrected chi connectivity index (χ2v) is 11.5. The number of nitrogens with zero attached hydrogens (tertiary/aromatic N) is 6. The molecule has 11 heteroatoms. The van der Waals surface area contributed by atoms with Crippen molar-refractivity contribution in [1.29, 1.82) is 0 Å². The molecule has 1 atom stereocenters. The first-order valence-corrected chi connectivity index (χ1v) is 13.4. The van der Waals surface area contributed by atoms with Crippen LogP contribution in [0, 0.1) is 0 Å². The number of carbonyl (C=O) groups excluding carboxylic acids is 1. The molecule has 3 aromatic heterocycles. The van der Waals surface area contributed by atoms with E-state index in [1.165, 1.54) is 11.9 Å². The van der Waals surface area contributed by atoms with E-state index in [-0.39, 0.29) is 12.0 Å². The van der Waals surface area contributed by atoms with E-state index in [2.05, 4.69) is 25.9 Å². The molecule has 9 nitrogen and oxygen atoms in total. The summed E-state index contributed by atoms with van der Waals surface area (Å²) in [7, 11) is 0. The fourth-order valence-electron chi connectivity index (χ4n) is 4.16. The lowest BCUT2D eigenvalue weighted by Gasteiger charge is -2.34. The summed E-state index contributed by atoms with van der Waals surface area (Å²) in [4.78, 5) is 24.9. The van der Waals surface area contributed by atoms with Gasteiger partial charge in [0.2, 0.25) is 0 Å². The number of fused-ring (bicyclic) bond motifs is 1. The first-order valence-electron chi connectivity index (χ1n) is 11.7. The van der Waals surface area contributed by atoms with Gasteiger partial charge in [-0.25, -0.2) is 14.2 Å². The number of amides is 1. The van der Waals surface area contributed by atoms with Crippen LogP contribution in [0.25, 0.3) is 16.1 Å². The molecule has 2 aliphatic rings. The smallest absolute Gasteiger partial charge is 0.410 e. The minimum Gasteiger partial charge on any atom is -0.444 e. The Morgan fingerprint density at radius 2 is 2.14 bits per heavy atom. The summed E-state index contributed by atoms with van der Waals surface area (Å²) < 4.78 is 12.0. The molecule has 1 saturated heterocycles. The van der Waals surface area contributed by atoms with E-state index >= 15 is 0 Å². The Bertz CT molecular complexity index is 1290. The van der Waals surface area contributed by atoms with Crippen LogP contribution in [0.2, 0.25) is 0 Å². The summed E-state index contributed by atoms with van der Waals surface area (Å²) in [5.41, 5.74) is 5.02. The third-order valence-corrected chi connectivity index (χ3v) is 7.49. The molecule has 0 bridgehead atoms. The van der Waals surface area contributed by atoms with Gasteiger partial charge in [0, 0.05) is 55.4 Å². The van der Waals surface area contributed by atoms with Crippen LogP contribution in [-0.2, 0) is 4.74 Å². The molecular weight excluding hydrogens is 482 g/mol. The molecule has 3 aromatic rings. The number of nitrogens with one attached hydrogen (secondary N) is 1. The van der Waals surface area contributed by atoms with E-state index in [0.717, 1.165) is 57.6 Å². The maximum absolute atomic E-state index is 12.8. The third kappa shape index (κ3) is 5.35. The average molecular weight is 512 g/mol. The van der Waals surface area contributed by atoms with Gasteiger partial charge in [-0.2, -0.15) is 9.61 Å². The zero-order chi connectivity index (χ0) is 24.6. The number of thiazole rings is 1. The molecule has 1 fully saturated rings. The lowest BCUT2D eigenvalue weighted by Crippen LogP contribution is -2.42. The highest BCUT2D eigenvalue weighted by Crippen LogP contribution is 2.34. The van der Waals surface area contributed by atoms with Gasteiger partial charge in [-0.1, -0.05) is 0 Å². The lowest BCUT2D eigenvalue weighted by atomic mass is 9.94. The van der Waals surface area contributed by atoms with Crippen molar-refractivity contribution >= 4 is 46.6 Å². The Morgan fingerprint density at radius 3 is 2.86 bits per heavy atom. The van der Waals surface area contributed by atoms with Crippen molar-refractivity contribution in [2.75, 3.05) is 18.4 Å². The number of carbonyl (C=O) groups is 1. The summed E-state index contributed by atoms with van der Waals surface area (Å²) in [5, 5.41) is 9.11. The van der Waals surface area contributed by atoms with Gasteiger partial charge < -0.3 is 15.0 Å². The second kappa shape index (κ2) is 9.62. The molecule has 0 saturated carbocycles. The Balaban J connectivity index is 1.50. The van der Waals surface area contributed by atoms with Gasteiger partial charge in [-0.3, -0.25) is 4.98 Å². The first-order chi connectivity index (χ1) is 16.8. The Kier molecular flexibility index (Phi) is 6.54. The van der Waals surface area contributed by atoms with Gasteiger partial charge >= 0.3 is 6.09 Å². The van der Waals surface area contributed by atoms with E-state index < -0.39 is 5.60 Å². The van der Waals surface area contributed by atoms with Gasteiger partial charge in [-0.15, -0.1) is 11.3 Å². The topological polar surface area (TPSA) is 97.0 Å². The van der Waals surface area contributed by atoms with Gasteiger partial charge in [0.25, 0.3) is 0 Å². The monoisotopic (exact) mass is 511 g/mol. The fraction of sp³-hybridized carbons (Fsp3) is 0.458. The lowest BCUT2D eigenvalue weighted by molar-refractivity contribution is 0.0197. The SMILES string of the molecule is CC1=NSC(Nc2cc(C3CCCN(C(=O)OC(C)(C)C)C3)nc3c(-c4cncs4)cnn23)=CC1. The summed E-state index contributed by atoms with van der Waals surface area (Å²) in [5.74, 6) is 0.919. The molecule has 1 amide bonds. The number of aromatic nitrogens is 4. The van der Waals surface area contributed by atoms with Crippen LogP contribution in [-0.4, -0.2) is 55.0 Å². The predicted octanol–water partition coefficient (Wildman–Crippen LogP) is 5.73. The Hall–Kier alpha value is -2.92. The average Bonchev–Trinajstić information content (AvgIpc) is 3.49. The first kappa shape index (κ1) is 23.8. The number of ether oxygens (including phenoxy) is 1. The van der Waals surface area contributed by atoms with Crippen LogP contribution in [0.4, 0.5) is 10.6 Å². The predicted molar refractivity (Wildman–Crippen MR) is 141 cm³/mol. The van der Waals surface area contributed by atoms with Gasteiger partial charge in [0.05, 0.1) is 32.9 Å². The van der Waals surface area contributed by atoms with Crippen molar-refractivity contribution in [3.05, 3.63) is 40.8 Å². The molecule has 0 aliphatic carbocycles. The highest BCUT2D eigenvalue weighted by molar-refractivity contribution is 8.02. The second-order valence-electron chi connectivity index (χ2n) is 9.81. The van der Waals surface area contributed by atoms with E-state index in [0.29, 0.717) is 13.1 Å². The van der Waals surface area contributed by atoms with E-state index in [1.807, 2.05) is 56.2 Å². The Morgan fingerprint density at radius 1 is 1.29 bits per heavy atom. The molecule has 0 spiro atoms. The van der Waals surface area contributed by atoms with Crippen molar-refractivity contribution < 1.29 is 9.53 Å². The molecule has 5 rings (SSSR count). The van der Waals surface area contributed by atoms with Crippen LogP contribution < -0.4 is 5.32 Å². The van der Waals surface area contributed by atoms with Crippen molar-refractivity contribution in [2.24, 2.45) is 4.40 Å². The van der Waals surface area contributed by atoms with Crippen molar-refractivity contribution in [3.8, 4) is 10.4 Å². The number of hydrogen-bond donors (Lipinski definition) is 1. The summed E-state index contributed by atoms with van der Waals surface area (Å²) in [6.07, 6.45) is 8.21. The molecule has 184 valence electrons. The molecule has 0 radical (unpaired) electrons. The number of hydrogen-bond acceptors (Lipinski definition) is 9. The normalized spacial score (nSPS) is 18.9. The minimum absolute atomic E-state index is 0.0966. The standard InChI is InChI=1S/C24H29N7O2S2/c1-15-7-8-21(35-29-15)28-20-10-18(16-6-5-9-30(13-16)23(32)33-24(2,3)4)27-22-17(11-26-31(20)22)19-12-25-14-34-19/h8,10-12,14,16,28H,5-7,9,13H2,1-4H3. The van der Waals surface area contributed by atoms with Crippen LogP contribution in [0.5, 0.6) is 0 Å². The fourth-order valence-corrected chi connectivity index (χ4v) is 5.42. The number of likely N-dealkylation sites (tertiary alicyclic amines) is 1. The Labute approximate surface area is 212 Å². The van der Waals surface area contributed by atoms with E-state index in [1.54, 1.807) is 16.2 Å². The van der Waals surface area contributed by atoms with Gasteiger partial charge in [-0.05, 0) is 46.6 Å². The van der Waals surface area contributed by atoms with Crippen molar-refractivity contribution in [2.45, 2.75) is 58.5 Å². The largest absolute Gasteiger partial charge is 0.444 e. The molecule has 5 heterocycles. The maximum atomic E-state index is 12.8. The minimum atomic E-state index is -0.522. The molecule has 2 aliphatic heterocycles. The van der Waals surface area contributed by atoms with Crippen molar-refractivity contribution in [1.82, 2.24) is 24.5 Å². The number of rotatable bonds is 4. The highest BCUT2D eigenvalue weighted by atomic mass is 32.2. The molecular formula is C24H29N7O2S2. The summed E-state index contributed by atoms with van der Waals surface area (Å²) in [6, 6.07) is 2.05. The quantitative estimate of drug-likeness (QED) is 0.447. The van der Waals surface area contributed by atoms with E-state index in [9.17, 15) is 4.79 Å². The number of anilines is 1. The maximum Gasteiger partial charge on any atom is 0.410 e. The molecule has 1 unspecified atom stereocenters. The summed E-state index contributed by atoms with van der Waals surface area (Å²) >= 11 is 2.99. The van der Waals surface area contributed by atoms with Gasteiger partial charge in [0.15, 0.2) is 5.65 Å². The highest BCUT2D eigenvalue weighted by Gasteiger charge is 2.30. The van der Waals surface area contributed by atoms with Crippen molar-refractivity contribution in [3.63, 3.8) is 0 Å². The molecule has 1 N–H and O–H groups in total. The molecule has 0 aromatic carbocycles. The van der Waals surface area contributed by atoms with Crippen LogP contribution in [0.15, 0.2) is 39.5 Å². The zero-order valence-corrected chi connectivity index (χ0v) is 21.9. The van der Waals surface area contributed by atoms with E-state index in [4.69, 9.17) is 9.72 Å². The molecule has 35 heavy (non-hydrogen) atoms. The number of allylic oxidation sites excluding steroid dienone is 1. The van der Waals surface area contributed by atoms with Crippen LogP contribution >= 0.6 is 23.3 Å².